The van der Waals surface area contributed by atoms with E-state index in [2.05, 4.69) is 0 Å². The summed E-state index contributed by atoms with van der Waals surface area (Å²) in [7, 11) is 1.63. The van der Waals surface area contributed by atoms with Crippen molar-refractivity contribution in [2.75, 3.05) is 0 Å². The third-order valence-corrected chi connectivity index (χ3v) is 3.67. The second-order valence-electron chi connectivity index (χ2n) is 3.64. The number of carbonyl (C=O) groups excluding carboxylic acids is 1. The van der Waals surface area contributed by atoms with Gasteiger partial charge in [0.25, 0.3) is 0 Å². The molecule has 2 aromatic rings. The van der Waals surface area contributed by atoms with Crippen LogP contribution < -0.4 is 0 Å². The largest absolute Gasteiger partial charge is 0.307 e. The van der Waals surface area contributed by atoms with Gasteiger partial charge < -0.3 is 4.79 Å². The molecule has 4 heteroatoms. The van der Waals surface area contributed by atoms with Gasteiger partial charge in [-0.3, -0.25) is 0 Å². The molecule has 0 N–H and O–H groups in total. The molecule has 0 aliphatic rings. The van der Waals surface area contributed by atoms with Crippen LogP contribution in [-0.2, 0) is 0 Å². The molecular weight excluding hydrogens is 453 g/mol. The Morgan fingerprint density at radius 1 is 1.24 bits per heavy atom. The van der Waals surface area contributed by atoms with Crippen LogP contribution in [0.2, 0.25) is 6.82 Å². The molecular formula is C13H12BOSU. The maximum Gasteiger partial charge on any atom is 0.205 e. The topological polar surface area (TPSA) is 17.1 Å². The van der Waals surface area contributed by atoms with Gasteiger partial charge >= 0.3 is 0 Å². The molecule has 0 spiro atoms. The van der Waals surface area contributed by atoms with Crippen molar-refractivity contribution in [1.29, 1.82) is 0 Å². The van der Waals surface area contributed by atoms with E-state index in [1.807, 2.05) is 42.6 Å². The smallest absolute Gasteiger partial charge is 0.205 e. The van der Waals surface area contributed by atoms with Gasteiger partial charge in [0, 0.05) is 41.6 Å². The molecule has 17 heavy (non-hydrogen) atoms. The van der Waals surface area contributed by atoms with E-state index < -0.39 is 0 Å². The predicted octanol–water partition coefficient (Wildman–Crippen LogP) is 3.62. The minimum atomic E-state index is 0. The molecule has 0 saturated heterocycles. The molecule has 0 amide bonds. The first kappa shape index (κ1) is 14.8. The van der Waals surface area contributed by atoms with Crippen LogP contribution in [0.25, 0.3) is 10.4 Å². The summed E-state index contributed by atoms with van der Waals surface area (Å²) in [5.74, 6) is 0. The first-order valence-electron chi connectivity index (χ1n) is 5.21. The molecule has 0 atom stereocenters. The molecule has 0 fully saturated rings. The van der Waals surface area contributed by atoms with Gasteiger partial charge in [0.1, 0.15) is 5.68 Å². The summed E-state index contributed by atoms with van der Waals surface area (Å²) in [5, 5.41) is 2.04. The Hall–Kier alpha value is -0.293. The summed E-state index contributed by atoms with van der Waals surface area (Å²) in [6.07, 6.45) is 0. The van der Waals surface area contributed by atoms with E-state index in [0.717, 1.165) is 21.6 Å². The van der Waals surface area contributed by atoms with Gasteiger partial charge in [-0.15, -0.1) is 11.3 Å². The number of benzene rings is 1. The molecule has 2 rings (SSSR count). The molecule has 1 aromatic heterocycles. The Balaban J connectivity index is 0.00000144. The molecule has 0 bridgehead atoms. The fraction of sp³-hybridized carbons (Fsp3) is 0.154. The van der Waals surface area contributed by atoms with Gasteiger partial charge in [0.05, 0.1) is 0 Å². The SMILES string of the molecule is C[B]C(=O)c1c(C)csc1-c1ccccc1.[U]. The van der Waals surface area contributed by atoms with Gasteiger partial charge in [-0.2, -0.15) is 0 Å². The molecule has 0 saturated carbocycles. The molecule has 1 aromatic carbocycles. The van der Waals surface area contributed by atoms with Crippen LogP contribution in [0.5, 0.6) is 0 Å². The summed E-state index contributed by atoms with van der Waals surface area (Å²) in [5.41, 5.74) is 3.13. The zero-order valence-electron chi connectivity index (χ0n) is 9.86. The zero-order valence-corrected chi connectivity index (χ0v) is 14.8. The second kappa shape index (κ2) is 6.59. The third kappa shape index (κ3) is 3.13. The average molecular weight is 465 g/mol. The summed E-state index contributed by atoms with van der Waals surface area (Å²) >= 11 is 1.63. The number of hydrogen-bond donors (Lipinski definition) is 0. The summed E-state index contributed by atoms with van der Waals surface area (Å²) < 4.78 is 0. The summed E-state index contributed by atoms with van der Waals surface area (Å²) in [6.45, 7) is 3.77. The Morgan fingerprint density at radius 3 is 2.47 bits per heavy atom. The first-order chi connectivity index (χ1) is 7.74. The van der Waals surface area contributed by atoms with Crippen molar-refractivity contribution in [1.82, 2.24) is 0 Å². The van der Waals surface area contributed by atoms with Crippen LogP contribution in [0, 0.1) is 38.0 Å². The second-order valence-corrected chi connectivity index (χ2v) is 4.52. The van der Waals surface area contributed by atoms with E-state index in [4.69, 9.17) is 0 Å². The van der Waals surface area contributed by atoms with Crippen LogP contribution in [0.3, 0.4) is 0 Å². The van der Waals surface area contributed by atoms with Gasteiger partial charge in [-0.1, -0.05) is 37.2 Å². The van der Waals surface area contributed by atoms with Crippen molar-refractivity contribution < 1.29 is 35.9 Å². The first-order valence-corrected chi connectivity index (χ1v) is 6.09. The Bertz CT molecular complexity index is 507. The summed E-state index contributed by atoms with van der Waals surface area (Å²) in [6, 6.07) is 10.1. The minimum absolute atomic E-state index is 0. The normalized spacial score (nSPS) is 9.53. The van der Waals surface area contributed by atoms with Crippen LogP contribution >= 0.6 is 11.3 Å². The number of thiophene rings is 1. The Kier molecular flexibility index (Phi) is 5.72. The summed E-state index contributed by atoms with van der Waals surface area (Å²) in [4.78, 5) is 12.9. The van der Waals surface area contributed by atoms with Gasteiger partial charge in [0.15, 0.2) is 0 Å². The predicted molar refractivity (Wildman–Crippen MR) is 70.4 cm³/mol. The monoisotopic (exact) mass is 465 g/mol. The molecule has 1 nitrogen and oxygen atoms in total. The third-order valence-electron chi connectivity index (χ3n) is 2.52. The molecule has 0 aliphatic carbocycles. The van der Waals surface area contributed by atoms with E-state index in [9.17, 15) is 4.79 Å². The molecule has 1 radical (unpaired) electrons. The van der Waals surface area contributed by atoms with Gasteiger partial charge in [-0.25, -0.2) is 0 Å². The standard InChI is InChI=1S/C13H12BOS.U/c1-9-8-16-12(11(9)13(15)14-2)10-6-4-3-5-7-10;/h3-8H,1-2H3;. The van der Waals surface area contributed by atoms with E-state index in [1.165, 1.54) is 0 Å². The van der Waals surface area contributed by atoms with Crippen molar-refractivity contribution in [3.8, 4) is 10.4 Å². The van der Waals surface area contributed by atoms with Gasteiger partial charge in [0.2, 0.25) is 7.28 Å². The molecule has 1 heterocycles. The van der Waals surface area contributed by atoms with Crippen LogP contribution in [0.4, 0.5) is 0 Å². The zero-order chi connectivity index (χ0) is 11.5. The number of carbonyl (C=O) groups is 1. The fourth-order valence-corrected chi connectivity index (χ4v) is 2.76. The quantitative estimate of drug-likeness (QED) is 0.634. The van der Waals surface area contributed by atoms with Crippen LogP contribution in [-0.4, -0.2) is 13.0 Å². The van der Waals surface area contributed by atoms with E-state index in [-0.39, 0.29) is 36.8 Å². The molecule has 0 aliphatic heterocycles. The van der Waals surface area contributed by atoms with Gasteiger partial charge in [-0.05, 0) is 23.4 Å². The van der Waals surface area contributed by atoms with Crippen molar-refractivity contribution in [3.63, 3.8) is 0 Å². The fourth-order valence-electron chi connectivity index (χ4n) is 1.70. The average Bonchev–Trinajstić information content (AvgIpc) is 2.71. The minimum Gasteiger partial charge on any atom is -0.307 e. The van der Waals surface area contributed by atoms with E-state index in [1.54, 1.807) is 25.4 Å². The van der Waals surface area contributed by atoms with E-state index in [0.29, 0.717) is 0 Å². The van der Waals surface area contributed by atoms with Crippen molar-refractivity contribution in [3.05, 3.63) is 46.8 Å². The number of aryl methyl sites for hydroxylation is 1. The van der Waals surface area contributed by atoms with E-state index >= 15 is 0 Å². The Morgan fingerprint density at radius 2 is 1.88 bits per heavy atom. The molecule has 83 valence electrons. The van der Waals surface area contributed by atoms with Crippen molar-refractivity contribution >= 4 is 24.3 Å². The van der Waals surface area contributed by atoms with Crippen molar-refractivity contribution in [2.24, 2.45) is 0 Å². The number of rotatable bonds is 3. The maximum atomic E-state index is 11.8. The van der Waals surface area contributed by atoms with Crippen molar-refractivity contribution in [2.45, 2.75) is 13.7 Å². The van der Waals surface area contributed by atoms with Crippen LogP contribution in [0.15, 0.2) is 35.7 Å². The molecule has 0 unspecified atom stereocenters. The Labute approximate surface area is 130 Å². The maximum absolute atomic E-state index is 11.8. The number of hydrogen-bond acceptors (Lipinski definition) is 2. The van der Waals surface area contributed by atoms with Crippen LogP contribution in [0.1, 0.15) is 15.9 Å².